The third-order valence-corrected chi connectivity index (χ3v) is 8.50. The number of phenolic OH excluding ortho intramolecular Hbond substituents is 1. The number of aromatic hydroxyl groups is 1. The molecule has 2 unspecified atom stereocenters. The molecule has 12 nitrogen and oxygen atoms in total. The summed E-state index contributed by atoms with van der Waals surface area (Å²) in [6.07, 6.45) is 2.30. The Labute approximate surface area is 238 Å². The molecule has 3 aliphatic carbocycles. The van der Waals surface area contributed by atoms with E-state index in [0.717, 1.165) is 13.0 Å². The third-order valence-electron chi connectivity index (χ3n) is 8.50. The van der Waals surface area contributed by atoms with Crippen LogP contribution in [0.15, 0.2) is 23.8 Å². The van der Waals surface area contributed by atoms with Gasteiger partial charge in [0, 0.05) is 30.2 Å². The summed E-state index contributed by atoms with van der Waals surface area (Å²) in [5.74, 6) is -8.25. The first-order chi connectivity index (χ1) is 19.2. The van der Waals surface area contributed by atoms with Crippen LogP contribution < -0.4 is 11.1 Å². The highest BCUT2D eigenvalue weighted by Gasteiger charge is 2.67. The first-order valence-corrected chi connectivity index (χ1v) is 13.6. The van der Waals surface area contributed by atoms with Crippen LogP contribution in [-0.2, 0) is 25.6 Å². The number of nitrogens with two attached hydrogens (primary N) is 1. The Morgan fingerprint density at radius 2 is 1.85 bits per heavy atom. The van der Waals surface area contributed by atoms with Gasteiger partial charge in [-0.05, 0) is 83.2 Å². The molecule has 0 radical (unpaired) electrons. The van der Waals surface area contributed by atoms with Gasteiger partial charge in [0.1, 0.15) is 17.4 Å². The molecule has 222 valence electrons. The number of rotatable bonds is 8. The van der Waals surface area contributed by atoms with E-state index in [9.17, 15) is 39.6 Å². The van der Waals surface area contributed by atoms with E-state index < -0.39 is 58.7 Å². The minimum Gasteiger partial charge on any atom is -0.507 e. The fourth-order valence-corrected chi connectivity index (χ4v) is 6.62. The molecule has 0 aliphatic heterocycles. The maximum absolute atomic E-state index is 13.9. The molecule has 1 aromatic rings. The number of primary amides is 1. The van der Waals surface area contributed by atoms with E-state index in [1.165, 1.54) is 12.1 Å². The fourth-order valence-electron chi connectivity index (χ4n) is 6.62. The Bertz CT molecular complexity index is 1340. The Kier molecular flexibility index (Phi) is 8.42. The van der Waals surface area contributed by atoms with Crippen molar-refractivity contribution in [3.05, 3.63) is 40.5 Å². The van der Waals surface area contributed by atoms with Gasteiger partial charge in [0.15, 0.2) is 11.4 Å². The lowest BCUT2D eigenvalue weighted by molar-refractivity contribution is -0.184. The highest BCUT2D eigenvalue weighted by molar-refractivity contribution is 6.25. The average molecular weight is 571 g/mol. The van der Waals surface area contributed by atoms with Gasteiger partial charge in [-0.1, -0.05) is 6.07 Å². The molecule has 0 spiro atoms. The lowest BCUT2D eigenvalue weighted by atomic mass is 9.54. The molecule has 2 saturated carbocycles. The van der Waals surface area contributed by atoms with E-state index in [4.69, 9.17) is 5.73 Å². The first kappa shape index (κ1) is 30.4. The molecule has 7 N–H and O–H groups in total. The number of carbonyl (C=O) groups is 4. The average Bonchev–Trinajstić information content (AvgIpc) is 2.87. The Morgan fingerprint density at radius 3 is 2.46 bits per heavy atom. The predicted molar refractivity (Wildman–Crippen MR) is 149 cm³/mol. The van der Waals surface area contributed by atoms with Gasteiger partial charge in [0.05, 0.1) is 11.7 Å². The van der Waals surface area contributed by atoms with Crippen molar-refractivity contribution in [2.45, 2.75) is 37.0 Å². The number of fused-ring (bicyclic) bond motifs is 3. The van der Waals surface area contributed by atoms with Crippen LogP contribution in [0.2, 0.25) is 0 Å². The molecule has 12 heteroatoms. The number of phenols is 1. The van der Waals surface area contributed by atoms with Crippen LogP contribution in [0, 0.1) is 17.8 Å². The highest BCUT2D eigenvalue weighted by atomic mass is 16.3. The number of aliphatic hydroxyl groups excluding tert-OH is 2. The van der Waals surface area contributed by atoms with Crippen molar-refractivity contribution in [3.63, 3.8) is 0 Å². The standard InChI is InChI=1S/C29H38N4O8/c1-32(2)11-5-10-31-19(35)9-7-14-6-8-18(34)21-16(14)12-15-13-17-23(33(3)4)25(37)22(28(30)40)27(39)29(17,41)26(38)20(15)24(21)36/h6-9,15,17,22-23,25,34,36-37,41H,5,10-13H2,1-4H3,(H2,30,40)(H,31,35)/b9-7+/t15-,17-,22?,23-,25?,29-/m1/s1. The maximum Gasteiger partial charge on any atom is 0.243 e. The second kappa shape index (κ2) is 11.4. The number of benzene rings is 1. The molecule has 2 amide bonds. The molecule has 0 heterocycles. The van der Waals surface area contributed by atoms with Crippen LogP contribution in [0.4, 0.5) is 0 Å². The van der Waals surface area contributed by atoms with Crippen LogP contribution in [0.25, 0.3) is 11.8 Å². The number of likely N-dealkylation sites (N-methyl/N-ethyl adjacent to an activating group) is 1. The summed E-state index contributed by atoms with van der Waals surface area (Å²) in [5.41, 5.74) is 3.47. The number of amides is 2. The topological polar surface area (TPSA) is 194 Å². The van der Waals surface area contributed by atoms with Gasteiger partial charge in [0.25, 0.3) is 0 Å². The number of hydrogen-bond acceptors (Lipinski definition) is 10. The predicted octanol–water partition coefficient (Wildman–Crippen LogP) is -0.790. The summed E-state index contributed by atoms with van der Waals surface area (Å²) in [6.45, 7) is 1.31. The van der Waals surface area contributed by atoms with E-state index >= 15 is 0 Å². The molecule has 6 atom stereocenters. The number of aliphatic hydroxyl groups is 3. The lowest BCUT2D eigenvalue weighted by Gasteiger charge is -2.53. The second-order valence-corrected chi connectivity index (χ2v) is 11.6. The summed E-state index contributed by atoms with van der Waals surface area (Å²) < 4.78 is 0. The van der Waals surface area contributed by atoms with E-state index in [2.05, 4.69) is 5.32 Å². The maximum atomic E-state index is 13.9. The number of hydrogen-bond donors (Lipinski definition) is 6. The summed E-state index contributed by atoms with van der Waals surface area (Å²) in [5, 5.41) is 47.4. The van der Waals surface area contributed by atoms with Crippen LogP contribution in [-0.4, -0.2) is 113 Å². The number of Topliss-reactive ketones (excluding diaryl/α,β-unsaturated/α-hetero) is 2. The quantitative estimate of drug-likeness (QED) is 0.131. The Balaban J connectivity index is 1.73. The minimum atomic E-state index is -2.71. The van der Waals surface area contributed by atoms with Crippen molar-refractivity contribution in [1.82, 2.24) is 15.1 Å². The number of ketones is 2. The highest BCUT2D eigenvalue weighted by Crippen LogP contribution is 2.52. The van der Waals surface area contributed by atoms with Gasteiger partial charge in [-0.25, -0.2) is 0 Å². The van der Waals surface area contributed by atoms with E-state index in [1.807, 2.05) is 19.0 Å². The molecular weight excluding hydrogens is 532 g/mol. The second-order valence-electron chi connectivity index (χ2n) is 11.6. The van der Waals surface area contributed by atoms with Crippen LogP contribution >= 0.6 is 0 Å². The van der Waals surface area contributed by atoms with Crippen LogP contribution in [0.3, 0.4) is 0 Å². The minimum absolute atomic E-state index is 0.0172. The summed E-state index contributed by atoms with van der Waals surface area (Å²) >= 11 is 0. The smallest absolute Gasteiger partial charge is 0.243 e. The monoisotopic (exact) mass is 570 g/mol. The van der Waals surface area contributed by atoms with Gasteiger partial charge >= 0.3 is 0 Å². The summed E-state index contributed by atoms with van der Waals surface area (Å²) in [7, 11) is 7.08. The molecule has 4 rings (SSSR count). The van der Waals surface area contributed by atoms with Crippen LogP contribution in [0.1, 0.15) is 29.5 Å². The molecular formula is C29H38N4O8. The van der Waals surface area contributed by atoms with Gasteiger partial charge in [-0.2, -0.15) is 0 Å². The molecule has 0 bridgehead atoms. The summed E-state index contributed by atoms with van der Waals surface area (Å²) in [4.78, 5) is 55.3. The van der Waals surface area contributed by atoms with Crippen molar-refractivity contribution in [2.75, 3.05) is 41.3 Å². The molecule has 0 saturated heterocycles. The zero-order chi connectivity index (χ0) is 30.4. The van der Waals surface area contributed by atoms with Crippen molar-refractivity contribution in [1.29, 1.82) is 0 Å². The fraction of sp³-hybridized carbons (Fsp3) is 0.517. The molecule has 0 aromatic heterocycles. The van der Waals surface area contributed by atoms with E-state index in [1.54, 1.807) is 31.1 Å². The SMILES string of the molecule is CN(C)CCCNC(=O)/C=C/c1ccc(O)c2c1C[C@@H]1C[C@@H]3[C@@H](N(C)C)C(O)C(C(N)=O)C(=O)[C@]3(O)C(=O)C1=C2O. The number of nitrogens with one attached hydrogen (secondary N) is 1. The normalized spacial score (nSPS) is 29.5. The zero-order valence-electron chi connectivity index (χ0n) is 23.6. The van der Waals surface area contributed by atoms with Gasteiger partial charge in [-0.3, -0.25) is 19.2 Å². The Hall–Kier alpha value is -3.58. The zero-order valence-corrected chi connectivity index (χ0v) is 23.6. The largest absolute Gasteiger partial charge is 0.507 e. The van der Waals surface area contributed by atoms with Crippen molar-refractivity contribution in [2.24, 2.45) is 23.5 Å². The van der Waals surface area contributed by atoms with Crippen molar-refractivity contribution < 1.29 is 39.6 Å². The number of carbonyl (C=O) groups excluding carboxylic acids is 4. The van der Waals surface area contributed by atoms with Crippen LogP contribution in [0.5, 0.6) is 5.75 Å². The Morgan fingerprint density at radius 1 is 1.17 bits per heavy atom. The van der Waals surface area contributed by atoms with Crippen molar-refractivity contribution >= 4 is 35.2 Å². The molecule has 1 aromatic carbocycles. The lowest BCUT2D eigenvalue weighted by Crippen LogP contribution is -2.73. The van der Waals surface area contributed by atoms with E-state index in [0.29, 0.717) is 17.7 Å². The summed E-state index contributed by atoms with van der Waals surface area (Å²) in [6, 6.07) is 1.95. The molecule has 2 fully saturated rings. The molecule has 3 aliphatic rings. The third kappa shape index (κ3) is 5.16. The first-order valence-electron chi connectivity index (χ1n) is 13.6. The molecule has 41 heavy (non-hydrogen) atoms. The number of nitrogens with zero attached hydrogens (tertiary/aromatic N) is 2. The van der Waals surface area contributed by atoms with Gasteiger partial charge in [0.2, 0.25) is 17.6 Å². The van der Waals surface area contributed by atoms with Gasteiger partial charge in [-0.15, -0.1) is 0 Å². The van der Waals surface area contributed by atoms with E-state index in [-0.39, 0.29) is 35.6 Å². The van der Waals surface area contributed by atoms with Gasteiger partial charge < -0.3 is 41.3 Å². The van der Waals surface area contributed by atoms with Crippen molar-refractivity contribution in [3.8, 4) is 5.75 Å².